The molecule has 0 unspecified atom stereocenters. The van der Waals surface area contributed by atoms with E-state index < -0.39 is 27.3 Å². The first-order valence-corrected chi connectivity index (χ1v) is 6.67. The van der Waals surface area contributed by atoms with E-state index in [0.29, 0.717) is 12.1 Å². The first kappa shape index (κ1) is 15.3. The average molecular weight is 293 g/mol. The van der Waals surface area contributed by atoms with E-state index in [1.54, 1.807) is 0 Å². The van der Waals surface area contributed by atoms with Crippen LogP contribution in [0.3, 0.4) is 0 Å². The van der Waals surface area contributed by atoms with Gasteiger partial charge in [0.05, 0.1) is 22.6 Å². The highest BCUT2D eigenvalue weighted by Gasteiger charge is 2.31. The zero-order valence-electron chi connectivity index (χ0n) is 9.53. The smallest absolute Gasteiger partial charge is 0.329 e. The molecule has 0 heterocycles. The third-order valence-corrected chi connectivity index (χ3v) is 3.42. The van der Waals surface area contributed by atoms with E-state index in [-0.39, 0.29) is 18.0 Å². The lowest BCUT2D eigenvalue weighted by atomic mass is 10.1. The Morgan fingerprint density at radius 3 is 2.47 bits per heavy atom. The maximum atomic E-state index is 12.4. The normalized spacial score (nSPS) is 11.9. The van der Waals surface area contributed by atoms with Gasteiger partial charge in [-0.25, -0.2) is 8.42 Å². The molecule has 3 N–H and O–H groups in total. The third-order valence-electron chi connectivity index (χ3n) is 2.12. The van der Waals surface area contributed by atoms with Gasteiger partial charge in [0.1, 0.15) is 6.07 Å². The number of rotatable bonds is 4. The van der Waals surface area contributed by atoms with Gasteiger partial charge in [0.25, 0.3) is 0 Å². The van der Waals surface area contributed by atoms with Crippen molar-refractivity contribution in [3.63, 3.8) is 0 Å². The van der Waals surface area contributed by atoms with Crippen molar-refractivity contribution < 1.29 is 21.6 Å². The van der Waals surface area contributed by atoms with Crippen molar-refractivity contribution in [1.82, 2.24) is 0 Å². The maximum Gasteiger partial charge on any atom is 0.416 e. The Morgan fingerprint density at radius 1 is 1.37 bits per heavy atom. The molecular formula is C10H10F3N3O2S. The molecule has 19 heavy (non-hydrogen) atoms. The molecule has 0 fully saturated rings. The molecule has 0 bridgehead atoms. The number of sulfonamides is 1. The summed E-state index contributed by atoms with van der Waals surface area (Å²) >= 11 is 0. The molecule has 0 saturated carbocycles. The number of nitriles is 1. The van der Waals surface area contributed by atoms with Crippen molar-refractivity contribution in [1.29, 1.82) is 5.26 Å². The van der Waals surface area contributed by atoms with Crippen LogP contribution in [0.25, 0.3) is 0 Å². The number of hydrogen-bond donors (Lipinski definition) is 2. The SMILES string of the molecule is N#Cc1cc(C(F)(F)F)ccc1NS(=O)(=O)CCN. The molecule has 0 saturated heterocycles. The Balaban J connectivity index is 3.15. The van der Waals surface area contributed by atoms with Gasteiger partial charge in [0.2, 0.25) is 10.0 Å². The van der Waals surface area contributed by atoms with Gasteiger partial charge in [0.15, 0.2) is 0 Å². The van der Waals surface area contributed by atoms with Crippen LogP contribution in [0.15, 0.2) is 18.2 Å². The lowest BCUT2D eigenvalue weighted by Crippen LogP contribution is -2.23. The van der Waals surface area contributed by atoms with Crippen LogP contribution in [0.1, 0.15) is 11.1 Å². The van der Waals surface area contributed by atoms with Gasteiger partial charge in [-0.2, -0.15) is 18.4 Å². The zero-order valence-corrected chi connectivity index (χ0v) is 10.3. The summed E-state index contributed by atoms with van der Waals surface area (Å²) < 4.78 is 62.2. The molecule has 9 heteroatoms. The fraction of sp³-hybridized carbons (Fsp3) is 0.300. The molecule has 1 rings (SSSR count). The Morgan fingerprint density at radius 2 is 2.00 bits per heavy atom. The number of nitrogens with zero attached hydrogens (tertiary/aromatic N) is 1. The van der Waals surface area contributed by atoms with Gasteiger partial charge in [-0.05, 0) is 18.2 Å². The summed E-state index contributed by atoms with van der Waals surface area (Å²) in [6.07, 6.45) is -4.60. The Bertz CT molecular complexity index is 605. The number of halogens is 3. The topological polar surface area (TPSA) is 96.0 Å². The minimum Gasteiger partial charge on any atom is -0.329 e. The van der Waals surface area contributed by atoms with Crippen molar-refractivity contribution in [3.8, 4) is 6.07 Å². The summed E-state index contributed by atoms with van der Waals surface area (Å²) in [5, 5.41) is 8.76. The molecule has 0 radical (unpaired) electrons. The lowest BCUT2D eigenvalue weighted by Gasteiger charge is -2.11. The third kappa shape index (κ3) is 4.11. The molecule has 1 aromatic rings. The fourth-order valence-electron chi connectivity index (χ4n) is 1.28. The van der Waals surface area contributed by atoms with Crippen LogP contribution in [0.5, 0.6) is 0 Å². The van der Waals surface area contributed by atoms with Crippen molar-refractivity contribution in [2.24, 2.45) is 5.73 Å². The number of alkyl halides is 3. The van der Waals surface area contributed by atoms with E-state index in [4.69, 9.17) is 11.0 Å². The van der Waals surface area contributed by atoms with E-state index in [1.165, 1.54) is 6.07 Å². The van der Waals surface area contributed by atoms with Crippen molar-refractivity contribution in [3.05, 3.63) is 29.3 Å². The molecule has 0 aromatic heterocycles. The molecule has 0 amide bonds. The molecule has 0 aliphatic carbocycles. The predicted octanol–water partition coefficient (Wildman–Crippen LogP) is 1.28. The Kier molecular flexibility index (Phi) is 4.39. The molecule has 5 nitrogen and oxygen atoms in total. The van der Waals surface area contributed by atoms with Crippen molar-refractivity contribution in [2.75, 3.05) is 17.0 Å². The zero-order chi connectivity index (χ0) is 14.7. The summed E-state index contributed by atoms with van der Waals surface area (Å²) in [6, 6.07) is 3.69. The van der Waals surface area contributed by atoms with Crippen LogP contribution in [-0.2, 0) is 16.2 Å². The summed E-state index contributed by atoms with van der Waals surface area (Å²) in [7, 11) is -3.77. The standard InChI is InChI=1S/C10H10F3N3O2S/c11-10(12,13)8-1-2-9(7(5-8)6-15)16-19(17,18)4-3-14/h1-2,5,16H,3-4,14H2. The van der Waals surface area contributed by atoms with Gasteiger partial charge in [-0.3, -0.25) is 4.72 Å². The molecule has 0 aliphatic rings. The number of anilines is 1. The first-order valence-electron chi connectivity index (χ1n) is 5.01. The van der Waals surface area contributed by atoms with Crippen LogP contribution in [0.4, 0.5) is 18.9 Å². The molecular weight excluding hydrogens is 283 g/mol. The summed E-state index contributed by atoms with van der Waals surface area (Å²) in [6.45, 7) is -0.141. The molecule has 0 atom stereocenters. The predicted molar refractivity (Wildman–Crippen MR) is 62.6 cm³/mol. The van der Waals surface area contributed by atoms with Crippen LogP contribution in [0.2, 0.25) is 0 Å². The Labute approximate surface area is 107 Å². The number of nitrogens with two attached hydrogens (primary N) is 1. The van der Waals surface area contributed by atoms with E-state index in [0.717, 1.165) is 6.07 Å². The summed E-state index contributed by atoms with van der Waals surface area (Å²) in [4.78, 5) is 0. The Hall–Kier alpha value is -1.79. The monoisotopic (exact) mass is 293 g/mol. The quantitative estimate of drug-likeness (QED) is 0.874. The number of benzene rings is 1. The van der Waals surface area contributed by atoms with Gasteiger partial charge in [-0.1, -0.05) is 0 Å². The highest BCUT2D eigenvalue weighted by Crippen LogP contribution is 2.31. The van der Waals surface area contributed by atoms with Crippen molar-refractivity contribution in [2.45, 2.75) is 6.18 Å². The highest BCUT2D eigenvalue weighted by atomic mass is 32.2. The molecule has 1 aromatic carbocycles. The molecule has 104 valence electrons. The number of nitrogens with one attached hydrogen (secondary N) is 1. The van der Waals surface area contributed by atoms with Gasteiger partial charge >= 0.3 is 6.18 Å². The van der Waals surface area contributed by atoms with E-state index in [9.17, 15) is 21.6 Å². The van der Waals surface area contributed by atoms with Crippen LogP contribution in [0, 0.1) is 11.3 Å². The summed E-state index contributed by atoms with van der Waals surface area (Å²) in [5.74, 6) is -0.390. The largest absolute Gasteiger partial charge is 0.416 e. The maximum absolute atomic E-state index is 12.4. The highest BCUT2D eigenvalue weighted by molar-refractivity contribution is 7.92. The van der Waals surface area contributed by atoms with Crippen molar-refractivity contribution >= 4 is 15.7 Å². The van der Waals surface area contributed by atoms with Gasteiger partial charge in [0, 0.05) is 6.54 Å². The second kappa shape index (κ2) is 5.46. The second-order valence-corrected chi connectivity index (χ2v) is 5.42. The van der Waals surface area contributed by atoms with E-state index in [1.807, 2.05) is 4.72 Å². The molecule has 0 aliphatic heterocycles. The van der Waals surface area contributed by atoms with Gasteiger partial charge in [-0.15, -0.1) is 0 Å². The van der Waals surface area contributed by atoms with Crippen LogP contribution >= 0.6 is 0 Å². The lowest BCUT2D eigenvalue weighted by molar-refractivity contribution is -0.137. The number of hydrogen-bond acceptors (Lipinski definition) is 4. The van der Waals surface area contributed by atoms with E-state index in [2.05, 4.69) is 0 Å². The summed E-state index contributed by atoms with van der Waals surface area (Å²) in [5.41, 5.74) is 3.45. The minimum absolute atomic E-state index is 0.141. The second-order valence-electron chi connectivity index (χ2n) is 3.58. The van der Waals surface area contributed by atoms with E-state index >= 15 is 0 Å². The van der Waals surface area contributed by atoms with Crippen LogP contribution in [-0.4, -0.2) is 20.7 Å². The first-order chi connectivity index (χ1) is 8.69. The minimum atomic E-state index is -4.60. The molecule has 0 spiro atoms. The van der Waals surface area contributed by atoms with Gasteiger partial charge < -0.3 is 5.73 Å². The fourth-order valence-corrected chi connectivity index (χ4v) is 2.20. The average Bonchev–Trinajstić information content (AvgIpc) is 2.27. The van der Waals surface area contributed by atoms with Crippen LogP contribution < -0.4 is 10.5 Å².